The molecule has 5 heterocycles. The van der Waals surface area contributed by atoms with E-state index in [0.717, 1.165) is 49.2 Å². The van der Waals surface area contributed by atoms with Crippen LogP contribution in [0.1, 0.15) is 28.8 Å². The molecule has 0 aliphatic carbocycles. The summed E-state index contributed by atoms with van der Waals surface area (Å²) in [6.07, 6.45) is 8.07. The Hall–Kier alpha value is -4.33. The molecule has 4 aromatic rings. The lowest BCUT2D eigenvalue weighted by Gasteiger charge is -2.40. The van der Waals surface area contributed by atoms with Gasteiger partial charge in [0.25, 0.3) is 5.91 Å². The van der Waals surface area contributed by atoms with Crippen LogP contribution < -0.4 is 15.8 Å². The van der Waals surface area contributed by atoms with Crippen LogP contribution in [0.4, 0.5) is 0 Å². The SMILES string of the molecule is COc1cc2ccsc2cc1C(N)=C(C=NCC(=O)N1CCC(N2CCOCC2)CC1)NC(=O)c1cnn2cccnc12. The Morgan fingerprint density at radius 3 is 2.81 bits per heavy atom. The molecule has 224 valence electrons. The first-order valence-electron chi connectivity index (χ1n) is 14.3. The predicted molar refractivity (Wildman–Crippen MR) is 165 cm³/mol. The Morgan fingerprint density at radius 2 is 2.02 bits per heavy atom. The van der Waals surface area contributed by atoms with Crippen molar-refractivity contribution in [1.29, 1.82) is 0 Å². The molecule has 0 unspecified atom stereocenters. The largest absolute Gasteiger partial charge is 0.496 e. The molecule has 2 aliphatic heterocycles. The number of carbonyl (C=O) groups is 2. The molecule has 3 N–H and O–H groups in total. The van der Waals surface area contributed by atoms with Gasteiger partial charge >= 0.3 is 0 Å². The summed E-state index contributed by atoms with van der Waals surface area (Å²) in [5, 5.41) is 10.1. The van der Waals surface area contributed by atoms with Gasteiger partial charge in [-0.2, -0.15) is 5.10 Å². The zero-order valence-corrected chi connectivity index (χ0v) is 24.8. The van der Waals surface area contributed by atoms with Gasteiger partial charge in [-0.25, -0.2) is 9.50 Å². The molecule has 2 fully saturated rings. The summed E-state index contributed by atoms with van der Waals surface area (Å²) in [4.78, 5) is 39.5. The van der Waals surface area contributed by atoms with E-state index in [-0.39, 0.29) is 29.4 Å². The number of nitrogens with two attached hydrogens (primary N) is 1. The summed E-state index contributed by atoms with van der Waals surface area (Å²) in [5.41, 5.74) is 8.48. The fraction of sp³-hybridized carbons (Fsp3) is 0.367. The molecule has 0 saturated carbocycles. The maximum atomic E-state index is 13.4. The summed E-state index contributed by atoms with van der Waals surface area (Å²) in [5.74, 6) is 0.0385. The third-order valence-electron chi connectivity index (χ3n) is 7.95. The normalized spacial score (nSPS) is 17.5. The van der Waals surface area contributed by atoms with Crippen LogP contribution >= 0.6 is 11.3 Å². The molecule has 6 rings (SSSR count). The number of thiophene rings is 1. The van der Waals surface area contributed by atoms with Crippen LogP contribution in [0.5, 0.6) is 5.75 Å². The number of benzene rings is 1. The summed E-state index contributed by atoms with van der Waals surface area (Å²) in [6, 6.07) is 8.04. The topological polar surface area (TPSA) is 140 Å². The van der Waals surface area contributed by atoms with Gasteiger partial charge in [0.05, 0.1) is 37.9 Å². The average molecular weight is 603 g/mol. The first-order chi connectivity index (χ1) is 21.0. The van der Waals surface area contributed by atoms with Gasteiger partial charge in [-0.05, 0) is 47.9 Å². The van der Waals surface area contributed by atoms with Crippen molar-refractivity contribution in [2.24, 2.45) is 10.7 Å². The van der Waals surface area contributed by atoms with Crippen molar-refractivity contribution in [2.45, 2.75) is 18.9 Å². The van der Waals surface area contributed by atoms with Gasteiger partial charge in [-0.15, -0.1) is 11.3 Å². The highest BCUT2D eigenvalue weighted by Gasteiger charge is 2.27. The smallest absolute Gasteiger partial charge is 0.261 e. The number of piperidine rings is 1. The van der Waals surface area contributed by atoms with E-state index >= 15 is 0 Å². The number of hydrogen-bond donors (Lipinski definition) is 2. The second-order valence-corrected chi connectivity index (χ2v) is 11.4. The van der Waals surface area contributed by atoms with E-state index in [0.29, 0.717) is 36.1 Å². The first-order valence-corrected chi connectivity index (χ1v) is 15.1. The van der Waals surface area contributed by atoms with E-state index in [1.807, 2.05) is 28.5 Å². The number of carbonyl (C=O) groups excluding carboxylic acids is 2. The van der Waals surface area contributed by atoms with E-state index in [2.05, 4.69) is 25.3 Å². The number of ether oxygens (including phenoxy) is 2. The van der Waals surface area contributed by atoms with Crippen molar-refractivity contribution >= 4 is 50.8 Å². The number of fused-ring (bicyclic) bond motifs is 2. The standard InChI is InChI=1S/C30H34N8O4S/c1-41-25-15-20-5-14-43-26(20)16-22(25)28(31)24(35-30(40)23-17-34-38-7-2-6-33-29(23)38)18-32-19-27(39)37-8-3-21(4-9-37)36-10-12-42-13-11-36/h2,5-7,14-18,21H,3-4,8-13,19,31H2,1H3,(H,35,40). The second kappa shape index (κ2) is 12.9. The summed E-state index contributed by atoms with van der Waals surface area (Å²) in [6.45, 7) is 4.75. The number of hydrogen-bond acceptors (Lipinski definition) is 10. The van der Waals surface area contributed by atoms with Gasteiger partial charge < -0.3 is 25.4 Å². The van der Waals surface area contributed by atoms with Crippen molar-refractivity contribution in [2.75, 3.05) is 53.0 Å². The van der Waals surface area contributed by atoms with E-state index in [9.17, 15) is 9.59 Å². The molecular weight excluding hydrogens is 568 g/mol. The van der Waals surface area contributed by atoms with Gasteiger partial charge in [0.15, 0.2) is 5.65 Å². The number of aliphatic imine (C=N–C) groups is 1. The number of rotatable bonds is 8. The Labute approximate surface area is 252 Å². The molecule has 0 bridgehead atoms. The van der Waals surface area contributed by atoms with E-state index in [1.54, 1.807) is 36.9 Å². The fourth-order valence-electron chi connectivity index (χ4n) is 5.60. The lowest BCUT2D eigenvalue weighted by Crippen LogP contribution is -2.50. The molecule has 1 aromatic carbocycles. The van der Waals surface area contributed by atoms with Crippen LogP contribution in [0.2, 0.25) is 0 Å². The molecule has 0 spiro atoms. The Bertz CT molecular complexity index is 1680. The molecule has 0 atom stereocenters. The predicted octanol–water partition coefficient (Wildman–Crippen LogP) is 2.40. The monoisotopic (exact) mass is 602 g/mol. The van der Waals surface area contributed by atoms with Crippen LogP contribution in [-0.4, -0.2) is 102 Å². The zero-order valence-electron chi connectivity index (χ0n) is 23.9. The second-order valence-electron chi connectivity index (χ2n) is 10.5. The van der Waals surface area contributed by atoms with Crippen LogP contribution in [0, 0.1) is 0 Å². The Morgan fingerprint density at radius 1 is 1.21 bits per heavy atom. The number of morpholine rings is 1. The zero-order chi connectivity index (χ0) is 29.8. The van der Waals surface area contributed by atoms with Crippen LogP contribution in [0.25, 0.3) is 21.4 Å². The number of aromatic nitrogens is 3. The van der Waals surface area contributed by atoms with Crippen molar-refractivity contribution in [3.05, 3.63) is 65.1 Å². The van der Waals surface area contributed by atoms with Crippen LogP contribution in [0.15, 0.2) is 58.9 Å². The minimum Gasteiger partial charge on any atom is -0.496 e. The summed E-state index contributed by atoms with van der Waals surface area (Å²) in [7, 11) is 1.57. The third kappa shape index (κ3) is 6.24. The van der Waals surface area contributed by atoms with Crippen LogP contribution in [-0.2, 0) is 9.53 Å². The van der Waals surface area contributed by atoms with E-state index in [4.69, 9.17) is 15.2 Å². The maximum Gasteiger partial charge on any atom is 0.261 e. The van der Waals surface area contributed by atoms with Crippen LogP contribution in [0.3, 0.4) is 0 Å². The highest BCUT2D eigenvalue weighted by molar-refractivity contribution is 7.17. The van der Waals surface area contributed by atoms with Gasteiger partial charge in [0.1, 0.15) is 17.9 Å². The lowest BCUT2D eigenvalue weighted by molar-refractivity contribution is -0.131. The number of nitrogens with one attached hydrogen (secondary N) is 1. The summed E-state index contributed by atoms with van der Waals surface area (Å²) >= 11 is 1.58. The highest BCUT2D eigenvalue weighted by atomic mass is 32.1. The first kappa shape index (κ1) is 28.8. The molecule has 12 nitrogen and oxygen atoms in total. The average Bonchev–Trinajstić information content (AvgIpc) is 3.70. The van der Waals surface area contributed by atoms with E-state index < -0.39 is 5.91 Å². The fourth-order valence-corrected chi connectivity index (χ4v) is 6.41. The van der Waals surface area contributed by atoms with Crippen molar-refractivity contribution in [1.82, 2.24) is 29.7 Å². The lowest BCUT2D eigenvalue weighted by atomic mass is 10.0. The van der Waals surface area contributed by atoms with Gasteiger partial charge in [-0.1, -0.05) is 0 Å². The molecule has 13 heteroatoms. The number of allylic oxidation sites excluding steroid dienone is 1. The van der Waals surface area contributed by atoms with Crippen molar-refractivity contribution in [3.8, 4) is 5.75 Å². The molecule has 3 aromatic heterocycles. The number of nitrogens with zero attached hydrogens (tertiary/aromatic N) is 6. The number of likely N-dealkylation sites (tertiary alicyclic amines) is 1. The Balaban J connectivity index is 1.22. The highest BCUT2D eigenvalue weighted by Crippen LogP contribution is 2.32. The molecule has 0 radical (unpaired) electrons. The third-order valence-corrected chi connectivity index (χ3v) is 8.83. The molecule has 2 amide bonds. The minimum atomic E-state index is -0.453. The molecule has 43 heavy (non-hydrogen) atoms. The van der Waals surface area contributed by atoms with Gasteiger partial charge in [0.2, 0.25) is 5.91 Å². The van der Waals surface area contributed by atoms with E-state index in [1.165, 1.54) is 16.9 Å². The Kier molecular flexibility index (Phi) is 8.63. The molecular formula is C30H34N8O4S. The number of amides is 2. The van der Waals surface area contributed by atoms with Crippen molar-refractivity contribution < 1.29 is 19.1 Å². The maximum absolute atomic E-state index is 13.4. The van der Waals surface area contributed by atoms with Gasteiger partial charge in [0, 0.05) is 61.1 Å². The van der Waals surface area contributed by atoms with Crippen molar-refractivity contribution in [3.63, 3.8) is 0 Å². The number of methoxy groups -OCH3 is 1. The molecule has 2 aliphatic rings. The minimum absolute atomic E-state index is 0.0613. The quantitative estimate of drug-likeness (QED) is 0.293. The van der Waals surface area contributed by atoms with Gasteiger partial charge in [-0.3, -0.25) is 19.5 Å². The summed E-state index contributed by atoms with van der Waals surface area (Å²) < 4.78 is 13.7. The molecule has 2 saturated heterocycles.